The molecule has 1 aromatic carbocycles. The fraction of sp³-hybridized carbons (Fsp3) is 0.500. The predicted molar refractivity (Wildman–Crippen MR) is 115 cm³/mol. The zero-order valence-electron chi connectivity index (χ0n) is 16.7. The minimum absolute atomic E-state index is 0.205. The van der Waals surface area contributed by atoms with Crippen LogP contribution in [0.25, 0.3) is 0 Å². The van der Waals surface area contributed by atoms with Gasteiger partial charge in [-0.2, -0.15) is 0 Å². The van der Waals surface area contributed by atoms with Crippen molar-refractivity contribution in [3.8, 4) is 0 Å². The van der Waals surface area contributed by atoms with Crippen molar-refractivity contribution in [2.45, 2.75) is 38.3 Å². The van der Waals surface area contributed by atoms with E-state index in [1.807, 2.05) is 12.1 Å². The molecule has 9 nitrogen and oxygen atoms in total. The summed E-state index contributed by atoms with van der Waals surface area (Å²) < 4.78 is 0. The second-order valence-corrected chi connectivity index (χ2v) is 8.69. The molecule has 0 spiro atoms. The summed E-state index contributed by atoms with van der Waals surface area (Å²) in [5, 5.41) is 24.5. The second kappa shape index (κ2) is 9.40. The van der Waals surface area contributed by atoms with Crippen molar-refractivity contribution in [2.24, 2.45) is 0 Å². The van der Waals surface area contributed by atoms with E-state index in [9.17, 15) is 9.59 Å². The Morgan fingerprint density at radius 2 is 1.77 bits per heavy atom. The maximum Gasteiger partial charge on any atom is 0.335 e. The van der Waals surface area contributed by atoms with Crippen molar-refractivity contribution >= 4 is 33.6 Å². The number of amides is 2. The number of piperazine rings is 1. The van der Waals surface area contributed by atoms with E-state index in [4.69, 9.17) is 5.11 Å². The summed E-state index contributed by atoms with van der Waals surface area (Å²) in [5.74, 6) is -0.905. The number of aromatic nitrogens is 2. The maximum absolute atomic E-state index is 12.1. The molecular formula is C20H26N6O3S. The van der Waals surface area contributed by atoms with Crippen LogP contribution in [0.2, 0.25) is 0 Å². The van der Waals surface area contributed by atoms with Gasteiger partial charge in [0, 0.05) is 38.8 Å². The summed E-state index contributed by atoms with van der Waals surface area (Å²) >= 11 is 1.39. The molecule has 10 heteroatoms. The van der Waals surface area contributed by atoms with Gasteiger partial charge < -0.3 is 15.3 Å². The highest BCUT2D eigenvalue weighted by Crippen LogP contribution is 2.25. The standard InChI is InChI=1S/C20H26N6O3S/c27-17(28)15-7-5-14(6-8-15)13-25-9-11-26(12-10-25)20-24-23-19(30-20)22-18(29)21-16-3-1-2-4-16/h5-8,16H,1-4,9-13H2,(H,27,28)(H2,21,22,23,29). The van der Waals surface area contributed by atoms with E-state index in [2.05, 4.69) is 30.6 Å². The smallest absolute Gasteiger partial charge is 0.335 e. The highest BCUT2D eigenvalue weighted by molar-refractivity contribution is 7.19. The molecule has 0 radical (unpaired) electrons. The lowest BCUT2D eigenvalue weighted by atomic mass is 10.1. The molecule has 1 saturated heterocycles. The van der Waals surface area contributed by atoms with E-state index in [0.717, 1.165) is 56.3 Å². The third-order valence-corrected chi connectivity index (χ3v) is 6.47. The lowest BCUT2D eigenvalue weighted by molar-refractivity contribution is 0.0697. The van der Waals surface area contributed by atoms with E-state index in [1.165, 1.54) is 24.2 Å². The summed E-state index contributed by atoms with van der Waals surface area (Å²) in [4.78, 5) is 27.6. The molecule has 4 rings (SSSR count). The van der Waals surface area contributed by atoms with E-state index < -0.39 is 5.97 Å². The third-order valence-electron chi connectivity index (χ3n) is 5.58. The molecule has 1 aliphatic carbocycles. The monoisotopic (exact) mass is 430 g/mol. The number of nitrogens with one attached hydrogen (secondary N) is 2. The minimum Gasteiger partial charge on any atom is -0.478 e. The van der Waals surface area contributed by atoms with Crippen LogP contribution in [0.4, 0.5) is 15.1 Å². The maximum atomic E-state index is 12.1. The van der Waals surface area contributed by atoms with Crippen molar-refractivity contribution < 1.29 is 14.7 Å². The van der Waals surface area contributed by atoms with Gasteiger partial charge in [0.1, 0.15) is 0 Å². The minimum atomic E-state index is -0.905. The quantitative estimate of drug-likeness (QED) is 0.646. The Labute approximate surface area is 179 Å². The number of hydrogen-bond acceptors (Lipinski definition) is 7. The van der Waals surface area contributed by atoms with Crippen LogP contribution in [0.15, 0.2) is 24.3 Å². The highest BCUT2D eigenvalue weighted by Gasteiger charge is 2.22. The topological polar surface area (TPSA) is 111 Å². The number of carbonyl (C=O) groups excluding carboxylic acids is 1. The average Bonchev–Trinajstić information content (AvgIpc) is 3.41. The summed E-state index contributed by atoms with van der Waals surface area (Å²) in [7, 11) is 0. The number of carboxylic acid groups (broad SMARTS) is 1. The molecule has 3 N–H and O–H groups in total. The fourth-order valence-corrected chi connectivity index (χ4v) is 4.68. The van der Waals surface area contributed by atoms with Gasteiger partial charge in [-0.25, -0.2) is 9.59 Å². The molecule has 0 unspecified atom stereocenters. The Hall–Kier alpha value is -2.72. The number of urea groups is 1. The lowest BCUT2D eigenvalue weighted by Crippen LogP contribution is -2.45. The Morgan fingerprint density at radius 1 is 1.07 bits per heavy atom. The van der Waals surface area contributed by atoms with Crippen LogP contribution in [0.5, 0.6) is 0 Å². The summed E-state index contributed by atoms with van der Waals surface area (Å²) in [6, 6.07) is 7.10. The fourth-order valence-electron chi connectivity index (χ4n) is 3.89. The Morgan fingerprint density at radius 3 is 2.43 bits per heavy atom. The summed E-state index contributed by atoms with van der Waals surface area (Å²) in [6.07, 6.45) is 4.44. The van der Waals surface area contributed by atoms with E-state index >= 15 is 0 Å². The first-order valence-corrected chi connectivity index (χ1v) is 11.1. The molecule has 1 aliphatic heterocycles. The normalized spacial score (nSPS) is 17.8. The van der Waals surface area contributed by atoms with Gasteiger partial charge in [0.15, 0.2) is 0 Å². The molecule has 0 atom stereocenters. The Bertz CT molecular complexity index is 873. The summed E-state index contributed by atoms with van der Waals surface area (Å²) in [5.41, 5.74) is 1.41. The molecule has 1 saturated carbocycles. The molecule has 30 heavy (non-hydrogen) atoms. The van der Waals surface area contributed by atoms with Gasteiger partial charge in [-0.1, -0.05) is 36.3 Å². The summed E-state index contributed by atoms with van der Waals surface area (Å²) in [6.45, 7) is 4.21. The number of benzene rings is 1. The first-order valence-electron chi connectivity index (χ1n) is 10.3. The number of carbonyl (C=O) groups is 2. The first-order chi connectivity index (χ1) is 14.6. The number of carboxylic acids is 1. The SMILES string of the molecule is O=C(Nc1nnc(N2CCN(Cc3ccc(C(=O)O)cc3)CC2)s1)NC1CCCC1. The van der Waals surface area contributed by atoms with Gasteiger partial charge in [0.2, 0.25) is 10.3 Å². The molecule has 2 aliphatic rings. The number of anilines is 2. The molecule has 160 valence electrons. The molecule has 1 aromatic heterocycles. The van der Waals surface area contributed by atoms with E-state index in [1.54, 1.807) is 12.1 Å². The lowest BCUT2D eigenvalue weighted by Gasteiger charge is -2.34. The van der Waals surface area contributed by atoms with E-state index in [0.29, 0.717) is 10.7 Å². The van der Waals surface area contributed by atoms with Crippen LogP contribution >= 0.6 is 11.3 Å². The molecular weight excluding hydrogens is 404 g/mol. The van der Waals surface area contributed by atoms with Gasteiger partial charge in [-0.3, -0.25) is 10.2 Å². The van der Waals surface area contributed by atoms with Gasteiger partial charge in [0.05, 0.1) is 5.56 Å². The molecule has 2 fully saturated rings. The zero-order valence-corrected chi connectivity index (χ0v) is 17.5. The van der Waals surface area contributed by atoms with Crippen LogP contribution < -0.4 is 15.5 Å². The van der Waals surface area contributed by atoms with Gasteiger partial charge in [-0.15, -0.1) is 10.2 Å². The Balaban J connectivity index is 1.24. The Kier molecular flexibility index (Phi) is 6.44. The molecule has 2 amide bonds. The molecule has 2 heterocycles. The van der Waals surface area contributed by atoms with Gasteiger partial charge >= 0.3 is 12.0 Å². The van der Waals surface area contributed by atoms with Crippen LogP contribution in [0, 0.1) is 0 Å². The highest BCUT2D eigenvalue weighted by atomic mass is 32.1. The van der Waals surface area contributed by atoms with Crippen molar-refractivity contribution in [2.75, 3.05) is 36.4 Å². The first kappa shape index (κ1) is 20.5. The third kappa shape index (κ3) is 5.25. The van der Waals surface area contributed by atoms with Gasteiger partial charge in [0.25, 0.3) is 0 Å². The van der Waals surface area contributed by atoms with Crippen LogP contribution in [-0.4, -0.2) is 64.4 Å². The molecule has 2 aromatic rings. The van der Waals surface area contributed by atoms with Crippen molar-refractivity contribution in [1.82, 2.24) is 20.4 Å². The van der Waals surface area contributed by atoms with Crippen LogP contribution in [0.3, 0.4) is 0 Å². The number of hydrogen-bond donors (Lipinski definition) is 3. The van der Waals surface area contributed by atoms with Crippen LogP contribution in [0.1, 0.15) is 41.6 Å². The molecule has 0 bridgehead atoms. The van der Waals surface area contributed by atoms with E-state index in [-0.39, 0.29) is 12.1 Å². The number of nitrogens with zero attached hydrogens (tertiary/aromatic N) is 4. The van der Waals surface area contributed by atoms with Crippen molar-refractivity contribution in [1.29, 1.82) is 0 Å². The zero-order chi connectivity index (χ0) is 20.9. The van der Waals surface area contributed by atoms with Gasteiger partial charge in [-0.05, 0) is 30.5 Å². The number of aromatic carboxylic acids is 1. The number of rotatable bonds is 6. The second-order valence-electron chi connectivity index (χ2n) is 7.73. The van der Waals surface area contributed by atoms with Crippen LogP contribution in [-0.2, 0) is 6.54 Å². The van der Waals surface area contributed by atoms with Crippen molar-refractivity contribution in [3.63, 3.8) is 0 Å². The average molecular weight is 431 g/mol. The predicted octanol–water partition coefficient (Wildman–Crippen LogP) is 2.62. The largest absolute Gasteiger partial charge is 0.478 e. The van der Waals surface area contributed by atoms with Crippen molar-refractivity contribution in [3.05, 3.63) is 35.4 Å².